The molecule has 31 heavy (non-hydrogen) atoms. The zero-order valence-corrected chi connectivity index (χ0v) is 16.3. The molecule has 1 amide bonds. The smallest absolute Gasteiger partial charge is 0.356 e. The maximum Gasteiger partial charge on any atom is 0.522 e. The van der Waals surface area contributed by atoms with Crippen molar-refractivity contribution >= 4 is 11.7 Å². The highest BCUT2D eigenvalue weighted by Gasteiger charge is 2.46. The molecule has 2 aromatic rings. The number of likely N-dealkylation sites (tertiary alicyclic amines) is 1. The Morgan fingerprint density at radius 2 is 1.87 bits per heavy atom. The van der Waals surface area contributed by atoms with E-state index in [1.165, 1.54) is 30.9 Å². The van der Waals surface area contributed by atoms with Gasteiger partial charge in [-0.15, -0.1) is 13.2 Å². The summed E-state index contributed by atoms with van der Waals surface area (Å²) in [5, 5.41) is 2.58. The second kappa shape index (κ2) is 8.69. The van der Waals surface area contributed by atoms with E-state index in [0.29, 0.717) is 0 Å². The van der Waals surface area contributed by atoms with Gasteiger partial charge in [-0.25, -0.2) is 23.1 Å². The van der Waals surface area contributed by atoms with Crippen molar-refractivity contribution in [2.24, 2.45) is 0 Å². The second-order valence-corrected chi connectivity index (χ2v) is 7.01. The van der Waals surface area contributed by atoms with Gasteiger partial charge in [-0.3, -0.25) is 9.53 Å². The van der Waals surface area contributed by atoms with Crippen LogP contribution in [0.2, 0.25) is 0 Å². The van der Waals surface area contributed by atoms with Crippen LogP contribution < -0.4 is 5.32 Å². The Hall–Kier alpha value is -2.89. The van der Waals surface area contributed by atoms with Gasteiger partial charge in [0.1, 0.15) is 24.2 Å². The molecule has 168 valence electrons. The molecule has 0 radical (unpaired) electrons. The van der Waals surface area contributed by atoms with Crippen molar-refractivity contribution in [3.05, 3.63) is 42.0 Å². The zero-order valence-electron chi connectivity index (χ0n) is 16.3. The van der Waals surface area contributed by atoms with Gasteiger partial charge in [0.25, 0.3) is 6.43 Å². The summed E-state index contributed by atoms with van der Waals surface area (Å²) in [7, 11) is 0. The quantitative estimate of drug-likeness (QED) is 0.673. The second-order valence-electron chi connectivity index (χ2n) is 7.01. The van der Waals surface area contributed by atoms with Gasteiger partial charge in [0.05, 0.1) is 6.04 Å². The Bertz CT molecular complexity index is 938. The number of alkyl halides is 5. The molecule has 3 atom stereocenters. The molecule has 0 bridgehead atoms. The van der Waals surface area contributed by atoms with Gasteiger partial charge >= 0.3 is 6.36 Å². The van der Waals surface area contributed by atoms with E-state index < -0.39 is 42.7 Å². The number of benzene rings is 1. The molecule has 0 aliphatic carbocycles. The fourth-order valence-electron chi connectivity index (χ4n) is 3.15. The van der Waals surface area contributed by atoms with Crippen LogP contribution in [0, 0.1) is 5.82 Å². The first-order chi connectivity index (χ1) is 14.5. The average molecular weight is 448 g/mol. The van der Waals surface area contributed by atoms with Crippen molar-refractivity contribution in [3.8, 4) is 11.3 Å². The lowest BCUT2D eigenvalue weighted by Gasteiger charge is -2.46. The van der Waals surface area contributed by atoms with Gasteiger partial charge in [-0.05, 0) is 13.8 Å². The van der Waals surface area contributed by atoms with Crippen molar-refractivity contribution in [2.45, 2.75) is 44.8 Å². The summed E-state index contributed by atoms with van der Waals surface area (Å²) >= 11 is 0. The molecule has 1 N–H and O–H groups in total. The van der Waals surface area contributed by atoms with Crippen LogP contribution in [-0.4, -0.2) is 51.9 Å². The summed E-state index contributed by atoms with van der Waals surface area (Å²) in [5.74, 6) is -1.77. The summed E-state index contributed by atoms with van der Waals surface area (Å²) in [6.45, 7) is 2.57. The molecule has 3 rings (SSSR count). The number of nitrogens with one attached hydrogen (secondary N) is 1. The minimum atomic E-state index is -4.80. The molecule has 2 heterocycles. The minimum absolute atomic E-state index is 0.158. The molecule has 1 saturated heterocycles. The lowest BCUT2D eigenvalue weighted by molar-refractivity contribution is -0.359. The maximum absolute atomic E-state index is 14.9. The Kier molecular flexibility index (Phi) is 6.39. The maximum atomic E-state index is 14.9. The highest BCUT2D eigenvalue weighted by Crippen LogP contribution is 2.30. The van der Waals surface area contributed by atoms with Gasteiger partial charge in [0.2, 0.25) is 5.91 Å². The third-order valence-corrected chi connectivity index (χ3v) is 4.92. The molecule has 1 aromatic heterocycles. The third-order valence-electron chi connectivity index (χ3n) is 4.92. The van der Waals surface area contributed by atoms with Gasteiger partial charge in [0.15, 0.2) is 11.6 Å². The summed E-state index contributed by atoms with van der Waals surface area (Å²) in [6, 6.07) is 3.05. The Morgan fingerprint density at radius 1 is 1.23 bits per heavy atom. The van der Waals surface area contributed by atoms with Crippen molar-refractivity contribution in [1.82, 2.24) is 14.9 Å². The summed E-state index contributed by atoms with van der Waals surface area (Å²) in [6.07, 6.45) is -7.60. The van der Waals surface area contributed by atoms with Crippen molar-refractivity contribution in [3.63, 3.8) is 0 Å². The van der Waals surface area contributed by atoms with Gasteiger partial charge in [0, 0.05) is 17.7 Å². The summed E-state index contributed by atoms with van der Waals surface area (Å²) in [5.41, 5.74) is -0.156. The number of halogens is 6. The number of ether oxygens (including phenoxy) is 1. The first-order valence-corrected chi connectivity index (χ1v) is 9.18. The Labute approximate surface area is 173 Å². The number of hydrogen-bond donors (Lipinski definition) is 1. The van der Waals surface area contributed by atoms with Crippen LogP contribution in [0.3, 0.4) is 0 Å². The monoisotopic (exact) mass is 448 g/mol. The molecule has 6 nitrogen and oxygen atoms in total. The van der Waals surface area contributed by atoms with E-state index >= 15 is 0 Å². The fraction of sp³-hybridized carbons (Fsp3) is 0.421. The molecule has 1 aliphatic rings. The zero-order chi connectivity index (χ0) is 22.9. The molecule has 0 spiro atoms. The number of aromatic nitrogens is 2. The lowest BCUT2D eigenvalue weighted by Crippen LogP contribution is -2.65. The first kappa shape index (κ1) is 22.8. The van der Waals surface area contributed by atoms with Crippen LogP contribution >= 0.6 is 0 Å². The van der Waals surface area contributed by atoms with Gasteiger partial charge in [-0.2, -0.15) is 0 Å². The van der Waals surface area contributed by atoms with Crippen molar-refractivity contribution in [2.75, 3.05) is 11.9 Å². The topological polar surface area (TPSA) is 67.4 Å². The van der Waals surface area contributed by atoms with Crippen LogP contribution in [0.5, 0.6) is 0 Å². The average Bonchev–Trinajstić information content (AvgIpc) is 2.71. The number of rotatable bonds is 6. The molecule has 0 saturated carbocycles. The Morgan fingerprint density at radius 3 is 2.42 bits per heavy atom. The normalized spacial score (nSPS) is 19.8. The number of carbonyl (C=O) groups excluding carboxylic acids is 1. The molecular weight excluding hydrogens is 430 g/mol. The summed E-state index contributed by atoms with van der Waals surface area (Å²) < 4.78 is 81.1. The first-order valence-electron chi connectivity index (χ1n) is 9.18. The number of nitrogens with zero attached hydrogens (tertiary/aromatic N) is 3. The van der Waals surface area contributed by atoms with Crippen LogP contribution in [0.4, 0.5) is 32.2 Å². The molecule has 0 unspecified atom stereocenters. The minimum Gasteiger partial charge on any atom is -0.356 e. The molecule has 1 fully saturated rings. The van der Waals surface area contributed by atoms with Crippen LogP contribution in [-0.2, 0) is 9.53 Å². The molecular formula is C19H18F6N4O2. The Balaban J connectivity index is 1.69. The van der Waals surface area contributed by atoms with E-state index in [-0.39, 0.29) is 29.2 Å². The standard InChI is InChI=1S/C19H18F6N4O2/c1-9(18(30)29-7-13(10(29)2)31-19(23,24)25)28-17-14(20)15(26-8-27-17)11-3-5-12(6-4-11)16(21)22/h3-6,8-10,13,16H,7H2,1-2H3,(H,26,27,28)/t9-,10+,13+/m1/s1. The van der Waals surface area contributed by atoms with Gasteiger partial charge < -0.3 is 10.2 Å². The number of carbonyl (C=O) groups is 1. The SMILES string of the molecule is C[C@@H](Nc1ncnc(-c2ccc(C(F)F)cc2)c1F)C(=O)N1C[C@H](OC(F)(F)F)[C@@H]1C. The lowest BCUT2D eigenvalue weighted by atomic mass is 10.00. The molecule has 12 heteroatoms. The third kappa shape index (κ3) is 5.06. The molecule has 1 aliphatic heterocycles. The summed E-state index contributed by atoms with van der Waals surface area (Å²) in [4.78, 5) is 21.3. The van der Waals surface area contributed by atoms with Crippen LogP contribution in [0.1, 0.15) is 25.8 Å². The van der Waals surface area contributed by atoms with Crippen LogP contribution in [0.25, 0.3) is 11.3 Å². The van der Waals surface area contributed by atoms with Crippen molar-refractivity contribution < 1.29 is 35.9 Å². The highest BCUT2D eigenvalue weighted by molar-refractivity contribution is 5.85. The van der Waals surface area contributed by atoms with E-state index in [9.17, 15) is 31.1 Å². The van der Waals surface area contributed by atoms with E-state index in [0.717, 1.165) is 18.5 Å². The predicted molar refractivity (Wildman–Crippen MR) is 97.6 cm³/mol. The highest BCUT2D eigenvalue weighted by atomic mass is 19.4. The van der Waals surface area contributed by atoms with E-state index in [1.807, 2.05) is 0 Å². The van der Waals surface area contributed by atoms with Crippen molar-refractivity contribution in [1.29, 1.82) is 0 Å². The number of amides is 1. The largest absolute Gasteiger partial charge is 0.522 e. The van der Waals surface area contributed by atoms with Crippen LogP contribution in [0.15, 0.2) is 30.6 Å². The molecule has 1 aromatic carbocycles. The predicted octanol–water partition coefficient (Wildman–Crippen LogP) is 4.16. The van der Waals surface area contributed by atoms with E-state index in [1.54, 1.807) is 0 Å². The van der Waals surface area contributed by atoms with E-state index in [4.69, 9.17) is 0 Å². The van der Waals surface area contributed by atoms with E-state index in [2.05, 4.69) is 20.0 Å². The number of hydrogen-bond acceptors (Lipinski definition) is 5. The van der Waals surface area contributed by atoms with Gasteiger partial charge in [-0.1, -0.05) is 24.3 Å². The fourth-order valence-corrected chi connectivity index (χ4v) is 3.15. The number of anilines is 1.